The molecule has 8 nitrogen and oxygen atoms in total. The lowest BCUT2D eigenvalue weighted by atomic mass is 10.1. The summed E-state index contributed by atoms with van der Waals surface area (Å²) in [6.45, 7) is 3.58. The molecule has 0 fully saturated rings. The molecule has 0 aliphatic rings. The van der Waals surface area contributed by atoms with E-state index in [0.717, 1.165) is 0 Å². The Hall–Kier alpha value is -3.11. The number of rotatable bonds is 9. The van der Waals surface area contributed by atoms with E-state index in [1.54, 1.807) is 24.5 Å². The van der Waals surface area contributed by atoms with Gasteiger partial charge in [0.25, 0.3) is 0 Å². The molecule has 162 valence electrons. The standard InChI is InChI=1S/C21H21BrFN5O3/c1-3-31-7-6-28(2)19-16(13-8-14(20(29)30)11-24-10-13)12-25-21(27-19)26-15-4-5-18(23)17(22)9-15/h4-5,8-12H,3,6-7H2,1-2H3,(H,29,30)(H,25,26,27). The Bertz CT molecular complexity index is 1080. The van der Waals surface area contributed by atoms with Crippen molar-refractivity contribution < 1.29 is 19.0 Å². The molecule has 0 saturated carbocycles. The molecule has 0 aliphatic heterocycles. The molecule has 10 heteroatoms. The van der Waals surface area contributed by atoms with Crippen LogP contribution in [0.3, 0.4) is 0 Å². The van der Waals surface area contributed by atoms with Gasteiger partial charge in [0, 0.05) is 55.6 Å². The van der Waals surface area contributed by atoms with Crippen molar-refractivity contribution in [2.45, 2.75) is 6.92 Å². The average molecular weight is 490 g/mol. The van der Waals surface area contributed by atoms with Crippen LogP contribution in [-0.2, 0) is 4.74 Å². The van der Waals surface area contributed by atoms with Gasteiger partial charge in [-0.15, -0.1) is 0 Å². The number of aromatic nitrogens is 3. The number of ether oxygens (including phenoxy) is 1. The van der Waals surface area contributed by atoms with Crippen LogP contribution in [0.5, 0.6) is 0 Å². The fraction of sp³-hybridized carbons (Fsp3) is 0.238. The third kappa shape index (κ3) is 5.74. The number of hydrogen-bond donors (Lipinski definition) is 2. The van der Waals surface area contributed by atoms with Crippen LogP contribution >= 0.6 is 15.9 Å². The van der Waals surface area contributed by atoms with Crippen molar-refractivity contribution >= 4 is 39.4 Å². The Balaban J connectivity index is 1.98. The number of carboxylic acids is 1. The van der Waals surface area contributed by atoms with E-state index in [4.69, 9.17) is 4.74 Å². The predicted molar refractivity (Wildman–Crippen MR) is 119 cm³/mol. The van der Waals surface area contributed by atoms with E-state index in [1.165, 1.54) is 18.3 Å². The maximum absolute atomic E-state index is 13.5. The number of carbonyl (C=O) groups is 1. The Morgan fingerprint density at radius 2 is 2.10 bits per heavy atom. The van der Waals surface area contributed by atoms with E-state index in [0.29, 0.717) is 52.8 Å². The molecule has 3 rings (SSSR count). The number of pyridine rings is 1. The first-order valence-electron chi connectivity index (χ1n) is 9.45. The van der Waals surface area contributed by atoms with Crippen LogP contribution in [0, 0.1) is 5.82 Å². The Kier molecular flexibility index (Phi) is 7.48. The molecule has 1 aromatic carbocycles. The van der Waals surface area contributed by atoms with Gasteiger partial charge in [0.15, 0.2) is 0 Å². The summed E-state index contributed by atoms with van der Waals surface area (Å²) in [6.07, 6.45) is 4.45. The highest BCUT2D eigenvalue weighted by molar-refractivity contribution is 9.10. The molecule has 0 bridgehead atoms. The number of nitrogens with one attached hydrogen (secondary N) is 1. The van der Waals surface area contributed by atoms with Gasteiger partial charge in [0.05, 0.1) is 16.6 Å². The van der Waals surface area contributed by atoms with Crippen LogP contribution in [0.2, 0.25) is 0 Å². The van der Waals surface area contributed by atoms with Gasteiger partial charge < -0.3 is 20.1 Å². The number of likely N-dealkylation sites (N-methyl/N-ethyl adjacent to an activating group) is 1. The van der Waals surface area contributed by atoms with Gasteiger partial charge in [-0.3, -0.25) is 4.98 Å². The number of carboxylic acid groups (broad SMARTS) is 1. The molecule has 0 radical (unpaired) electrons. The number of hydrogen-bond acceptors (Lipinski definition) is 7. The molecule has 0 amide bonds. The lowest BCUT2D eigenvalue weighted by Crippen LogP contribution is -2.24. The van der Waals surface area contributed by atoms with Gasteiger partial charge in [0.2, 0.25) is 5.95 Å². The summed E-state index contributed by atoms with van der Waals surface area (Å²) in [5, 5.41) is 12.3. The van der Waals surface area contributed by atoms with Crippen LogP contribution in [-0.4, -0.2) is 52.8 Å². The normalized spacial score (nSPS) is 10.7. The maximum atomic E-state index is 13.5. The van der Waals surface area contributed by atoms with Crippen molar-refractivity contribution in [1.82, 2.24) is 15.0 Å². The van der Waals surface area contributed by atoms with Gasteiger partial charge in [-0.05, 0) is 47.1 Å². The third-order valence-electron chi connectivity index (χ3n) is 4.38. The summed E-state index contributed by atoms with van der Waals surface area (Å²) in [4.78, 5) is 26.2. The van der Waals surface area contributed by atoms with Crippen LogP contribution in [0.4, 0.5) is 21.8 Å². The molecule has 0 atom stereocenters. The minimum atomic E-state index is -1.07. The van der Waals surface area contributed by atoms with Gasteiger partial charge in [-0.2, -0.15) is 4.98 Å². The Morgan fingerprint density at radius 3 is 2.81 bits per heavy atom. The Morgan fingerprint density at radius 1 is 1.29 bits per heavy atom. The summed E-state index contributed by atoms with van der Waals surface area (Å²) in [6, 6.07) is 6.03. The molecule has 2 heterocycles. The van der Waals surface area contributed by atoms with E-state index < -0.39 is 5.97 Å². The first kappa shape index (κ1) is 22.6. The van der Waals surface area contributed by atoms with E-state index in [9.17, 15) is 14.3 Å². The van der Waals surface area contributed by atoms with Gasteiger partial charge in [-0.1, -0.05) is 0 Å². The molecule has 0 spiro atoms. The Labute approximate surface area is 187 Å². The van der Waals surface area contributed by atoms with E-state index >= 15 is 0 Å². The second-order valence-electron chi connectivity index (χ2n) is 6.57. The number of nitrogens with zero attached hydrogens (tertiary/aromatic N) is 4. The highest BCUT2D eigenvalue weighted by Crippen LogP contribution is 2.30. The molecule has 2 aromatic heterocycles. The fourth-order valence-electron chi connectivity index (χ4n) is 2.79. The molecule has 2 N–H and O–H groups in total. The van der Waals surface area contributed by atoms with Crippen LogP contribution < -0.4 is 10.2 Å². The van der Waals surface area contributed by atoms with Gasteiger partial charge in [-0.25, -0.2) is 14.2 Å². The maximum Gasteiger partial charge on any atom is 0.337 e. The van der Waals surface area contributed by atoms with Crippen molar-refractivity contribution in [3.63, 3.8) is 0 Å². The number of halogens is 2. The topological polar surface area (TPSA) is 100 Å². The first-order valence-corrected chi connectivity index (χ1v) is 10.2. The van der Waals surface area contributed by atoms with E-state index in [2.05, 4.69) is 36.2 Å². The summed E-state index contributed by atoms with van der Waals surface area (Å²) in [5.41, 5.74) is 1.88. The van der Waals surface area contributed by atoms with Crippen molar-refractivity contribution in [3.05, 3.63) is 58.7 Å². The van der Waals surface area contributed by atoms with Crippen LogP contribution in [0.15, 0.2) is 47.3 Å². The summed E-state index contributed by atoms with van der Waals surface area (Å²) >= 11 is 3.16. The van der Waals surface area contributed by atoms with Crippen molar-refractivity contribution in [2.75, 3.05) is 37.0 Å². The monoisotopic (exact) mass is 489 g/mol. The lowest BCUT2D eigenvalue weighted by Gasteiger charge is -2.22. The van der Waals surface area contributed by atoms with Crippen molar-refractivity contribution in [3.8, 4) is 11.1 Å². The highest BCUT2D eigenvalue weighted by atomic mass is 79.9. The van der Waals surface area contributed by atoms with Crippen molar-refractivity contribution in [2.24, 2.45) is 0 Å². The zero-order valence-corrected chi connectivity index (χ0v) is 18.6. The zero-order valence-electron chi connectivity index (χ0n) is 17.0. The molecular formula is C21H21BrFN5O3. The quantitative estimate of drug-likeness (QED) is 0.427. The molecule has 0 aliphatic carbocycles. The van der Waals surface area contributed by atoms with Gasteiger partial charge in [0.1, 0.15) is 11.6 Å². The lowest BCUT2D eigenvalue weighted by molar-refractivity contribution is 0.0696. The SMILES string of the molecule is CCOCCN(C)c1nc(Nc2ccc(F)c(Br)c2)ncc1-c1cncc(C(=O)O)c1. The predicted octanol–water partition coefficient (Wildman–Crippen LogP) is 4.35. The second-order valence-corrected chi connectivity index (χ2v) is 7.43. The number of aromatic carboxylic acids is 1. The third-order valence-corrected chi connectivity index (χ3v) is 4.99. The summed E-state index contributed by atoms with van der Waals surface area (Å²) in [7, 11) is 1.86. The summed E-state index contributed by atoms with van der Waals surface area (Å²) < 4.78 is 19.3. The van der Waals surface area contributed by atoms with Crippen molar-refractivity contribution in [1.29, 1.82) is 0 Å². The minimum Gasteiger partial charge on any atom is -0.478 e. The van der Waals surface area contributed by atoms with E-state index in [1.807, 2.05) is 18.9 Å². The first-order chi connectivity index (χ1) is 14.9. The van der Waals surface area contributed by atoms with E-state index in [-0.39, 0.29) is 11.4 Å². The fourth-order valence-corrected chi connectivity index (χ4v) is 3.17. The molecular weight excluding hydrogens is 469 g/mol. The zero-order chi connectivity index (χ0) is 22.4. The van der Waals surface area contributed by atoms with Crippen LogP contribution in [0.25, 0.3) is 11.1 Å². The molecule has 31 heavy (non-hydrogen) atoms. The smallest absolute Gasteiger partial charge is 0.337 e. The average Bonchev–Trinajstić information content (AvgIpc) is 2.76. The molecule has 3 aromatic rings. The minimum absolute atomic E-state index is 0.0683. The highest BCUT2D eigenvalue weighted by Gasteiger charge is 2.16. The number of benzene rings is 1. The van der Waals surface area contributed by atoms with Crippen LogP contribution in [0.1, 0.15) is 17.3 Å². The molecule has 0 unspecified atom stereocenters. The second kappa shape index (κ2) is 10.3. The summed E-state index contributed by atoms with van der Waals surface area (Å²) in [5.74, 6) is -0.559. The number of anilines is 3. The molecule has 0 saturated heterocycles. The largest absolute Gasteiger partial charge is 0.478 e. The van der Waals surface area contributed by atoms with Gasteiger partial charge >= 0.3 is 5.97 Å².